The van der Waals surface area contributed by atoms with Gasteiger partial charge in [0.1, 0.15) is 5.82 Å². The number of hydrogen-bond donors (Lipinski definition) is 0. The van der Waals surface area contributed by atoms with E-state index in [2.05, 4.69) is 20.7 Å². The van der Waals surface area contributed by atoms with Crippen molar-refractivity contribution in [3.63, 3.8) is 0 Å². The molecule has 0 amide bonds. The highest BCUT2D eigenvalue weighted by Crippen LogP contribution is 2.28. The predicted molar refractivity (Wildman–Crippen MR) is 81.4 cm³/mol. The van der Waals surface area contributed by atoms with Gasteiger partial charge in [-0.15, -0.1) is 11.8 Å². The first kappa shape index (κ1) is 15.1. The maximum atomic E-state index is 12.8. The van der Waals surface area contributed by atoms with Crippen LogP contribution in [-0.4, -0.2) is 13.1 Å². The van der Waals surface area contributed by atoms with Crippen LogP contribution in [0.2, 0.25) is 0 Å². The topological polar surface area (TPSA) is 26.3 Å². The van der Waals surface area contributed by atoms with Crippen molar-refractivity contribution in [2.45, 2.75) is 10.6 Å². The van der Waals surface area contributed by atoms with Crippen molar-refractivity contribution < 1.29 is 13.9 Å². The van der Waals surface area contributed by atoms with Crippen molar-refractivity contribution in [3.8, 4) is 0 Å². The lowest BCUT2D eigenvalue weighted by atomic mass is 10.1. The molecule has 0 unspecified atom stereocenters. The van der Waals surface area contributed by atoms with Crippen LogP contribution in [0.3, 0.4) is 0 Å². The van der Waals surface area contributed by atoms with Crippen LogP contribution in [0.5, 0.6) is 0 Å². The summed E-state index contributed by atoms with van der Waals surface area (Å²) in [6, 6.07) is 11.7. The average Bonchev–Trinajstić information content (AvgIpc) is 2.46. The minimum Gasteiger partial charge on any atom is -0.465 e. The summed E-state index contributed by atoms with van der Waals surface area (Å²) in [5, 5.41) is 0. The molecule has 0 radical (unpaired) electrons. The first-order valence-corrected chi connectivity index (χ1v) is 7.63. The van der Waals surface area contributed by atoms with Gasteiger partial charge in [-0.3, -0.25) is 0 Å². The zero-order valence-electron chi connectivity index (χ0n) is 10.7. The maximum Gasteiger partial charge on any atom is 0.337 e. The van der Waals surface area contributed by atoms with E-state index in [0.29, 0.717) is 5.56 Å². The fourth-order valence-electron chi connectivity index (χ4n) is 1.60. The summed E-state index contributed by atoms with van der Waals surface area (Å²) in [7, 11) is 1.36. The van der Waals surface area contributed by atoms with Crippen molar-refractivity contribution in [2.24, 2.45) is 0 Å². The van der Waals surface area contributed by atoms with Crippen molar-refractivity contribution in [1.82, 2.24) is 0 Å². The number of halogens is 2. The van der Waals surface area contributed by atoms with Gasteiger partial charge < -0.3 is 4.74 Å². The van der Waals surface area contributed by atoms with Gasteiger partial charge in [0, 0.05) is 15.1 Å². The second-order valence-electron chi connectivity index (χ2n) is 4.04. The van der Waals surface area contributed by atoms with Gasteiger partial charge in [0.15, 0.2) is 0 Å². The van der Waals surface area contributed by atoms with Crippen LogP contribution in [-0.2, 0) is 10.5 Å². The van der Waals surface area contributed by atoms with E-state index < -0.39 is 0 Å². The van der Waals surface area contributed by atoms with Gasteiger partial charge in [-0.1, -0.05) is 22.0 Å². The van der Waals surface area contributed by atoms with Gasteiger partial charge >= 0.3 is 5.97 Å². The second kappa shape index (κ2) is 6.90. The van der Waals surface area contributed by atoms with E-state index in [4.69, 9.17) is 0 Å². The van der Waals surface area contributed by atoms with Crippen molar-refractivity contribution >= 4 is 33.7 Å². The molecular formula is C15H12BrFO2S. The molecule has 0 spiro atoms. The summed E-state index contributed by atoms with van der Waals surface area (Å²) in [4.78, 5) is 12.4. The number of rotatable bonds is 4. The lowest BCUT2D eigenvalue weighted by Gasteiger charge is -2.06. The molecule has 2 aromatic carbocycles. The molecule has 0 aliphatic heterocycles. The molecule has 104 valence electrons. The summed E-state index contributed by atoms with van der Waals surface area (Å²) in [5.41, 5.74) is 1.57. The molecule has 0 aliphatic rings. The highest BCUT2D eigenvalue weighted by atomic mass is 79.9. The summed E-state index contributed by atoms with van der Waals surface area (Å²) < 4.78 is 18.3. The Balaban J connectivity index is 2.06. The van der Waals surface area contributed by atoms with Gasteiger partial charge in [0.25, 0.3) is 0 Å². The smallest absolute Gasteiger partial charge is 0.337 e. The first-order valence-electron chi connectivity index (χ1n) is 5.85. The van der Waals surface area contributed by atoms with Gasteiger partial charge in [0.05, 0.1) is 12.7 Å². The van der Waals surface area contributed by atoms with E-state index in [1.807, 2.05) is 6.07 Å². The number of esters is 1. The van der Waals surface area contributed by atoms with E-state index in [0.717, 1.165) is 20.7 Å². The standard InChI is InChI=1S/C15H12BrFO2S/c1-19-15(18)10-2-3-11(14(16)8-10)9-20-13-6-4-12(17)5-7-13/h2-8H,9H2,1H3. The summed E-state index contributed by atoms with van der Waals surface area (Å²) in [6.07, 6.45) is 0. The number of benzene rings is 2. The zero-order valence-corrected chi connectivity index (χ0v) is 13.1. The third-order valence-electron chi connectivity index (χ3n) is 2.68. The molecule has 20 heavy (non-hydrogen) atoms. The van der Waals surface area contributed by atoms with E-state index in [-0.39, 0.29) is 11.8 Å². The van der Waals surface area contributed by atoms with Crippen LogP contribution >= 0.6 is 27.7 Å². The van der Waals surface area contributed by atoms with Gasteiger partial charge in [-0.2, -0.15) is 0 Å². The molecule has 0 heterocycles. The average molecular weight is 355 g/mol. The quantitative estimate of drug-likeness (QED) is 0.589. The van der Waals surface area contributed by atoms with Crippen molar-refractivity contribution in [3.05, 3.63) is 63.9 Å². The Labute approximate surface area is 129 Å². The molecule has 0 aliphatic carbocycles. The van der Waals surface area contributed by atoms with Crippen molar-refractivity contribution in [2.75, 3.05) is 7.11 Å². The number of hydrogen-bond acceptors (Lipinski definition) is 3. The van der Waals surface area contributed by atoms with E-state index in [1.54, 1.807) is 36.0 Å². The zero-order chi connectivity index (χ0) is 14.5. The summed E-state index contributed by atoms with van der Waals surface area (Å²) >= 11 is 5.05. The van der Waals surface area contributed by atoms with E-state index in [1.165, 1.54) is 19.2 Å². The Morgan fingerprint density at radius 1 is 1.25 bits per heavy atom. The van der Waals surface area contributed by atoms with Crippen LogP contribution in [0, 0.1) is 5.82 Å². The first-order chi connectivity index (χ1) is 9.60. The highest BCUT2D eigenvalue weighted by Gasteiger charge is 2.08. The summed E-state index contributed by atoms with van der Waals surface area (Å²) in [6.45, 7) is 0. The van der Waals surface area contributed by atoms with Gasteiger partial charge in [0.2, 0.25) is 0 Å². The number of methoxy groups -OCH3 is 1. The fraction of sp³-hybridized carbons (Fsp3) is 0.133. The molecule has 2 aromatic rings. The molecule has 0 fully saturated rings. The normalized spacial score (nSPS) is 10.3. The SMILES string of the molecule is COC(=O)c1ccc(CSc2ccc(F)cc2)c(Br)c1. The lowest BCUT2D eigenvalue weighted by molar-refractivity contribution is 0.0600. The van der Waals surface area contributed by atoms with Gasteiger partial charge in [-0.05, 0) is 42.0 Å². The van der Waals surface area contributed by atoms with E-state index in [9.17, 15) is 9.18 Å². The Morgan fingerprint density at radius 3 is 2.55 bits per heavy atom. The van der Waals surface area contributed by atoms with Crippen LogP contribution in [0.25, 0.3) is 0 Å². The lowest BCUT2D eigenvalue weighted by Crippen LogP contribution is -2.01. The predicted octanol–water partition coefficient (Wildman–Crippen LogP) is 4.67. The molecule has 2 nitrogen and oxygen atoms in total. The maximum absolute atomic E-state index is 12.8. The number of thioether (sulfide) groups is 1. The monoisotopic (exact) mass is 354 g/mol. The molecule has 0 bridgehead atoms. The Morgan fingerprint density at radius 2 is 1.95 bits per heavy atom. The van der Waals surface area contributed by atoms with Crippen molar-refractivity contribution in [1.29, 1.82) is 0 Å². The minimum absolute atomic E-state index is 0.238. The highest BCUT2D eigenvalue weighted by molar-refractivity contribution is 9.10. The Bertz CT molecular complexity index is 614. The largest absolute Gasteiger partial charge is 0.465 e. The Hall–Kier alpha value is -1.33. The van der Waals surface area contributed by atoms with Crippen LogP contribution < -0.4 is 0 Å². The van der Waals surface area contributed by atoms with Gasteiger partial charge in [-0.25, -0.2) is 9.18 Å². The Kier molecular flexibility index (Phi) is 5.20. The molecule has 5 heteroatoms. The second-order valence-corrected chi connectivity index (χ2v) is 5.94. The molecule has 0 saturated carbocycles. The van der Waals surface area contributed by atoms with E-state index >= 15 is 0 Å². The molecule has 0 atom stereocenters. The third-order valence-corrected chi connectivity index (χ3v) is 4.48. The molecule has 2 rings (SSSR count). The third kappa shape index (κ3) is 3.84. The molecule has 0 aromatic heterocycles. The molecule has 0 saturated heterocycles. The van der Waals surface area contributed by atoms with Crippen LogP contribution in [0.15, 0.2) is 51.8 Å². The molecule has 0 N–H and O–H groups in total. The number of ether oxygens (including phenoxy) is 1. The van der Waals surface area contributed by atoms with Crippen LogP contribution in [0.1, 0.15) is 15.9 Å². The number of carbonyl (C=O) groups excluding carboxylic acids is 1. The fourth-order valence-corrected chi connectivity index (χ4v) is 3.21. The number of carbonyl (C=O) groups is 1. The minimum atomic E-state index is -0.358. The molecular weight excluding hydrogens is 343 g/mol. The summed E-state index contributed by atoms with van der Waals surface area (Å²) in [5.74, 6) is 0.134. The van der Waals surface area contributed by atoms with Crippen LogP contribution in [0.4, 0.5) is 4.39 Å².